The summed E-state index contributed by atoms with van der Waals surface area (Å²) in [5, 5.41) is 10.0. The summed E-state index contributed by atoms with van der Waals surface area (Å²) >= 11 is 1.91. The normalized spacial score (nSPS) is 30.4. The van der Waals surface area contributed by atoms with Gasteiger partial charge in [0.1, 0.15) is 0 Å². The molecule has 0 saturated carbocycles. The van der Waals surface area contributed by atoms with Crippen LogP contribution in [0.4, 0.5) is 0 Å². The zero-order valence-electron chi connectivity index (χ0n) is 8.68. The molecule has 0 radical (unpaired) electrons. The predicted molar refractivity (Wildman–Crippen MR) is 60.2 cm³/mol. The van der Waals surface area contributed by atoms with E-state index in [4.69, 9.17) is 0 Å². The van der Waals surface area contributed by atoms with Crippen LogP contribution in [-0.2, 0) is 0 Å². The summed E-state index contributed by atoms with van der Waals surface area (Å²) in [6, 6.07) is 0. The van der Waals surface area contributed by atoms with E-state index in [9.17, 15) is 5.11 Å². The smallest absolute Gasteiger partial charge is 0.0721 e. The summed E-state index contributed by atoms with van der Waals surface area (Å²) in [7, 11) is 0. The average molecular weight is 200 g/mol. The highest BCUT2D eigenvalue weighted by Gasteiger charge is 2.36. The van der Waals surface area contributed by atoms with Crippen LogP contribution in [0.15, 0.2) is 12.2 Å². The first-order valence-electron chi connectivity index (χ1n) is 5.07. The number of aliphatic hydroxyl groups is 1. The summed E-state index contributed by atoms with van der Waals surface area (Å²) in [6.07, 6.45) is 3.96. The fraction of sp³-hybridized carbons (Fsp3) is 0.818. The van der Waals surface area contributed by atoms with Crippen molar-refractivity contribution in [3.05, 3.63) is 12.2 Å². The van der Waals surface area contributed by atoms with Gasteiger partial charge >= 0.3 is 0 Å². The van der Waals surface area contributed by atoms with Gasteiger partial charge in [-0.05, 0) is 38.4 Å². The molecule has 0 amide bonds. The Hall–Kier alpha value is 0.0500. The SMILES string of the molecule is C=C(CC)CC(O)C1(C)CCCS1. The first kappa shape index (κ1) is 11.1. The van der Waals surface area contributed by atoms with Gasteiger partial charge in [-0.15, -0.1) is 0 Å². The molecule has 1 nitrogen and oxygen atoms in total. The fourth-order valence-corrected chi connectivity index (χ4v) is 3.02. The summed E-state index contributed by atoms with van der Waals surface area (Å²) in [4.78, 5) is 0. The molecule has 1 heterocycles. The molecule has 1 aliphatic heterocycles. The molecule has 13 heavy (non-hydrogen) atoms. The molecule has 1 N–H and O–H groups in total. The Kier molecular flexibility index (Phi) is 3.87. The van der Waals surface area contributed by atoms with Gasteiger partial charge in [-0.3, -0.25) is 0 Å². The monoisotopic (exact) mass is 200 g/mol. The maximum Gasteiger partial charge on any atom is 0.0721 e. The minimum atomic E-state index is -0.201. The lowest BCUT2D eigenvalue weighted by Gasteiger charge is -2.29. The van der Waals surface area contributed by atoms with Gasteiger partial charge in [-0.2, -0.15) is 11.8 Å². The van der Waals surface area contributed by atoms with Crippen LogP contribution in [-0.4, -0.2) is 21.7 Å². The summed E-state index contributed by atoms with van der Waals surface area (Å²) < 4.78 is 0.0953. The quantitative estimate of drug-likeness (QED) is 0.704. The molecule has 1 aliphatic rings. The summed E-state index contributed by atoms with van der Waals surface area (Å²) in [5.41, 5.74) is 1.17. The van der Waals surface area contributed by atoms with E-state index in [0.29, 0.717) is 0 Å². The standard InChI is InChI=1S/C11H20OS/c1-4-9(2)8-10(12)11(3)6-5-7-13-11/h10,12H,2,4-8H2,1,3H3. The van der Waals surface area contributed by atoms with Gasteiger partial charge in [0.25, 0.3) is 0 Å². The number of hydrogen-bond donors (Lipinski definition) is 1. The van der Waals surface area contributed by atoms with Gasteiger partial charge in [0, 0.05) is 4.75 Å². The lowest BCUT2D eigenvalue weighted by atomic mass is 9.93. The third kappa shape index (κ3) is 2.75. The van der Waals surface area contributed by atoms with Gasteiger partial charge in [0.15, 0.2) is 0 Å². The second-order valence-corrected chi connectivity index (χ2v) is 5.72. The molecule has 1 rings (SSSR count). The Morgan fingerprint density at radius 1 is 1.69 bits per heavy atom. The Morgan fingerprint density at radius 2 is 2.38 bits per heavy atom. The second-order valence-electron chi connectivity index (χ2n) is 4.09. The van der Waals surface area contributed by atoms with Gasteiger partial charge < -0.3 is 5.11 Å². The zero-order valence-corrected chi connectivity index (χ0v) is 9.49. The third-order valence-corrected chi connectivity index (χ3v) is 4.56. The molecular weight excluding hydrogens is 180 g/mol. The fourth-order valence-electron chi connectivity index (χ4n) is 1.70. The first-order valence-corrected chi connectivity index (χ1v) is 6.05. The molecule has 76 valence electrons. The summed E-state index contributed by atoms with van der Waals surface area (Å²) in [6.45, 7) is 8.22. The van der Waals surface area contributed by atoms with Crippen LogP contribution in [0.3, 0.4) is 0 Å². The molecule has 0 spiro atoms. The molecule has 0 aliphatic carbocycles. The van der Waals surface area contributed by atoms with E-state index in [2.05, 4.69) is 20.4 Å². The van der Waals surface area contributed by atoms with Crippen molar-refractivity contribution in [1.82, 2.24) is 0 Å². The van der Waals surface area contributed by atoms with Crippen LogP contribution >= 0.6 is 11.8 Å². The van der Waals surface area contributed by atoms with Crippen LogP contribution < -0.4 is 0 Å². The maximum atomic E-state index is 10.0. The average Bonchev–Trinajstić information content (AvgIpc) is 2.53. The van der Waals surface area contributed by atoms with Crippen molar-refractivity contribution in [3.8, 4) is 0 Å². The van der Waals surface area contributed by atoms with E-state index in [1.54, 1.807) is 0 Å². The van der Waals surface area contributed by atoms with Crippen molar-refractivity contribution < 1.29 is 5.11 Å². The van der Waals surface area contributed by atoms with Gasteiger partial charge in [-0.25, -0.2) is 0 Å². The molecule has 0 aromatic carbocycles. The predicted octanol–water partition coefficient (Wildman–Crippen LogP) is 2.99. The highest BCUT2D eigenvalue weighted by molar-refractivity contribution is 8.00. The van der Waals surface area contributed by atoms with Crippen molar-refractivity contribution in [3.63, 3.8) is 0 Å². The molecule has 0 aromatic heterocycles. The van der Waals surface area contributed by atoms with Gasteiger partial charge in [0.2, 0.25) is 0 Å². The van der Waals surface area contributed by atoms with Gasteiger partial charge in [-0.1, -0.05) is 19.1 Å². The summed E-state index contributed by atoms with van der Waals surface area (Å²) in [5.74, 6) is 1.20. The first-order chi connectivity index (χ1) is 6.08. The van der Waals surface area contributed by atoms with Crippen LogP contribution in [0.25, 0.3) is 0 Å². The number of hydrogen-bond acceptors (Lipinski definition) is 2. The minimum absolute atomic E-state index is 0.0953. The number of aliphatic hydroxyl groups excluding tert-OH is 1. The molecule has 1 saturated heterocycles. The van der Waals surface area contributed by atoms with Gasteiger partial charge in [0.05, 0.1) is 6.10 Å². The molecule has 2 atom stereocenters. The number of thioether (sulfide) groups is 1. The van der Waals surface area contributed by atoms with E-state index in [1.807, 2.05) is 11.8 Å². The lowest BCUT2D eigenvalue weighted by Crippen LogP contribution is -2.33. The van der Waals surface area contributed by atoms with Crippen molar-refractivity contribution in [1.29, 1.82) is 0 Å². The maximum absolute atomic E-state index is 10.0. The van der Waals surface area contributed by atoms with Crippen LogP contribution in [0, 0.1) is 0 Å². The van der Waals surface area contributed by atoms with Crippen molar-refractivity contribution in [2.24, 2.45) is 0 Å². The third-order valence-electron chi connectivity index (χ3n) is 2.94. The lowest BCUT2D eigenvalue weighted by molar-refractivity contribution is 0.133. The Morgan fingerprint density at radius 3 is 2.85 bits per heavy atom. The Balaban J connectivity index is 2.46. The van der Waals surface area contributed by atoms with E-state index in [1.165, 1.54) is 17.7 Å². The highest BCUT2D eigenvalue weighted by Crippen LogP contribution is 2.42. The Labute approximate surface area is 85.6 Å². The largest absolute Gasteiger partial charge is 0.391 e. The molecule has 2 heteroatoms. The van der Waals surface area contributed by atoms with E-state index in [0.717, 1.165) is 19.3 Å². The minimum Gasteiger partial charge on any atom is -0.391 e. The van der Waals surface area contributed by atoms with Crippen molar-refractivity contribution in [2.45, 2.75) is 50.4 Å². The number of rotatable bonds is 4. The topological polar surface area (TPSA) is 20.2 Å². The highest BCUT2D eigenvalue weighted by atomic mass is 32.2. The molecule has 0 bridgehead atoms. The molecule has 2 unspecified atom stereocenters. The van der Waals surface area contributed by atoms with E-state index in [-0.39, 0.29) is 10.9 Å². The van der Waals surface area contributed by atoms with Crippen molar-refractivity contribution in [2.75, 3.05) is 5.75 Å². The van der Waals surface area contributed by atoms with Crippen molar-refractivity contribution >= 4 is 11.8 Å². The zero-order chi connectivity index (χ0) is 9.90. The Bertz CT molecular complexity index is 183. The van der Waals surface area contributed by atoms with Crippen LogP contribution in [0.5, 0.6) is 0 Å². The second kappa shape index (κ2) is 4.52. The van der Waals surface area contributed by atoms with E-state index >= 15 is 0 Å². The van der Waals surface area contributed by atoms with Crippen LogP contribution in [0.1, 0.15) is 39.5 Å². The van der Waals surface area contributed by atoms with E-state index < -0.39 is 0 Å². The molecule has 1 fully saturated rings. The molecular formula is C11H20OS. The molecule has 0 aromatic rings. The van der Waals surface area contributed by atoms with Crippen LogP contribution in [0.2, 0.25) is 0 Å².